The number of nitrogens with zero attached hydrogens (tertiary/aromatic N) is 2. The smallest absolute Gasteiger partial charge is 0.277 e. The first-order valence-electron chi connectivity index (χ1n) is 8.19. The third kappa shape index (κ3) is 4.11. The van der Waals surface area contributed by atoms with E-state index in [0.29, 0.717) is 11.6 Å². The Kier molecular flexibility index (Phi) is 5.77. The predicted molar refractivity (Wildman–Crippen MR) is 114 cm³/mol. The van der Waals surface area contributed by atoms with Crippen LogP contribution in [-0.2, 0) is 6.42 Å². The highest BCUT2D eigenvalue weighted by atomic mass is 35.5. The Labute approximate surface area is 189 Å². The van der Waals surface area contributed by atoms with Crippen LogP contribution in [0.15, 0.2) is 18.2 Å². The first-order valence-corrected chi connectivity index (χ1v) is 10.5. The number of amides is 1. The van der Waals surface area contributed by atoms with E-state index in [4.69, 9.17) is 55.9 Å². The molecular weight excluding hydrogens is 480 g/mol. The number of nitrogens with one attached hydrogen (secondary N) is 1. The molecule has 0 aliphatic carbocycles. The zero-order chi connectivity index (χ0) is 20.7. The van der Waals surface area contributed by atoms with Gasteiger partial charge < -0.3 is 9.47 Å². The van der Waals surface area contributed by atoms with E-state index in [0.717, 1.165) is 27.6 Å². The van der Waals surface area contributed by atoms with Gasteiger partial charge in [-0.05, 0) is 24.6 Å². The lowest BCUT2D eigenvalue weighted by Gasteiger charge is -2.07. The third-order valence-electron chi connectivity index (χ3n) is 4.11. The molecule has 1 aliphatic rings. The fourth-order valence-electron chi connectivity index (χ4n) is 2.68. The molecule has 3 heterocycles. The number of hydrogen-bond acceptors (Lipinski definition) is 6. The maximum Gasteiger partial charge on any atom is 0.277 e. The van der Waals surface area contributed by atoms with Gasteiger partial charge in [0.25, 0.3) is 5.91 Å². The van der Waals surface area contributed by atoms with Crippen LogP contribution in [0.2, 0.25) is 20.2 Å². The molecule has 1 amide bonds. The molecule has 0 fully saturated rings. The molecule has 0 atom stereocenters. The number of fused-ring (bicyclic) bond motifs is 1. The summed E-state index contributed by atoms with van der Waals surface area (Å²) in [4.78, 5) is 21.9. The normalized spacial score (nSPS) is 12.3. The fraction of sp³-hybridized carbons (Fsp3) is 0.167. The number of halogens is 4. The van der Waals surface area contributed by atoms with Gasteiger partial charge in [0.2, 0.25) is 6.79 Å². The van der Waals surface area contributed by atoms with Crippen molar-refractivity contribution in [2.75, 3.05) is 12.1 Å². The summed E-state index contributed by atoms with van der Waals surface area (Å²) in [5.41, 5.74) is 1.71. The van der Waals surface area contributed by atoms with Gasteiger partial charge in [-0.1, -0.05) is 52.5 Å². The summed E-state index contributed by atoms with van der Waals surface area (Å²) in [5, 5.41) is 2.86. The highest BCUT2D eigenvalue weighted by molar-refractivity contribution is 7.15. The van der Waals surface area contributed by atoms with Crippen molar-refractivity contribution in [3.05, 3.63) is 60.2 Å². The summed E-state index contributed by atoms with van der Waals surface area (Å²) in [6.07, 6.45) is 0.633. The van der Waals surface area contributed by atoms with Crippen LogP contribution in [0.3, 0.4) is 0 Å². The van der Waals surface area contributed by atoms with E-state index in [1.54, 1.807) is 0 Å². The van der Waals surface area contributed by atoms with Gasteiger partial charge in [-0.2, -0.15) is 0 Å². The number of anilines is 1. The topological polar surface area (TPSA) is 73.3 Å². The highest BCUT2D eigenvalue weighted by Crippen LogP contribution is 2.37. The minimum atomic E-state index is -0.584. The van der Waals surface area contributed by atoms with Crippen molar-refractivity contribution in [2.24, 2.45) is 0 Å². The number of rotatable bonds is 4. The van der Waals surface area contributed by atoms with E-state index in [1.807, 2.05) is 25.1 Å². The minimum Gasteiger partial charge on any atom is -0.454 e. The molecule has 2 aromatic heterocycles. The molecule has 29 heavy (non-hydrogen) atoms. The van der Waals surface area contributed by atoms with Gasteiger partial charge >= 0.3 is 0 Å². The number of pyridine rings is 1. The largest absolute Gasteiger partial charge is 0.454 e. The molecule has 1 aromatic carbocycles. The second kappa shape index (κ2) is 8.16. The monoisotopic (exact) mass is 489 g/mol. The molecule has 0 unspecified atom stereocenters. The molecule has 0 spiro atoms. The van der Waals surface area contributed by atoms with E-state index in [2.05, 4.69) is 15.3 Å². The molecule has 0 saturated carbocycles. The van der Waals surface area contributed by atoms with E-state index in [-0.39, 0.29) is 32.7 Å². The summed E-state index contributed by atoms with van der Waals surface area (Å²) in [6, 6.07) is 5.77. The lowest BCUT2D eigenvalue weighted by Crippen LogP contribution is -2.14. The lowest BCUT2D eigenvalue weighted by molar-refractivity contribution is 0.102. The zero-order valence-corrected chi connectivity index (χ0v) is 18.5. The maximum atomic E-state index is 12.6. The Bertz CT molecular complexity index is 1140. The number of carbonyl (C=O) groups is 1. The van der Waals surface area contributed by atoms with Gasteiger partial charge in [0.05, 0.1) is 20.8 Å². The Balaban J connectivity index is 1.53. The van der Waals surface area contributed by atoms with Gasteiger partial charge in [0.1, 0.15) is 5.15 Å². The zero-order valence-electron chi connectivity index (χ0n) is 14.7. The van der Waals surface area contributed by atoms with Crippen LogP contribution in [0.4, 0.5) is 5.13 Å². The number of ether oxygens (including phenoxy) is 2. The molecule has 0 radical (unpaired) electrons. The van der Waals surface area contributed by atoms with Crippen LogP contribution in [0, 0.1) is 6.92 Å². The number of hydrogen-bond donors (Lipinski definition) is 1. The van der Waals surface area contributed by atoms with Gasteiger partial charge in [-0.15, -0.1) is 11.3 Å². The highest BCUT2D eigenvalue weighted by Gasteiger charge is 2.22. The summed E-state index contributed by atoms with van der Waals surface area (Å²) in [6.45, 7) is 2.10. The van der Waals surface area contributed by atoms with Crippen molar-refractivity contribution >= 4 is 68.8 Å². The summed E-state index contributed by atoms with van der Waals surface area (Å²) < 4.78 is 10.7. The van der Waals surface area contributed by atoms with Crippen LogP contribution in [-0.4, -0.2) is 22.7 Å². The Hall–Kier alpha value is -1.77. The first kappa shape index (κ1) is 20.5. The molecule has 0 bridgehead atoms. The predicted octanol–water partition coefficient (Wildman–Crippen LogP) is 6.03. The van der Waals surface area contributed by atoms with Crippen molar-refractivity contribution in [3.8, 4) is 11.5 Å². The SMILES string of the molecule is Cc1nc(NC(=O)c2nc(Cl)c(Cl)c(Cl)c2Cl)sc1Cc1ccc2c(c1)OCO2. The van der Waals surface area contributed by atoms with Crippen molar-refractivity contribution < 1.29 is 14.3 Å². The molecule has 0 saturated heterocycles. The van der Waals surface area contributed by atoms with E-state index in [9.17, 15) is 4.79 Å². The third-order valence-corrected chi connectivity index (χ3v) is 6.86. The number of thiazole rings is 1. The van der Waals surface area contributed by atoms with Crippen LogP contribution >= 0.6 is 57.7 Å². The average molecular weight is 491 g/mol. The average Bonchev–Trinajstić information content (AvgIpc) is 3.29. The molecule has 4 rings (SSSR count). The van der Waals surface area contributed by atoms with Crippen molar-refractivity contribution in [2.45, 2.75) is 13.3 Å². The van der Waals surface area contributed by atoms with E-state index < -0.39 is 5.91 Å². The van der Waals surface area contributed by atoms with Crippen molar-refractivity contribution in [1.29, 1.82) is 0 Å². The summed E-state index contributed by atoms with van der Waals surface area (Å²) in [7, 11) is 0. The second-order valence-electron chi connectivity index (χ2n) is 6.04. The second-order valence-corrected chi connectivity index (χ2v) is 8.61. The van der Waals surface area contributed by atoms with Crippen LogP contribution < -0.4 is 14.8 Å². The van der Waals surface area contributed by atoms with Gasteiger partial charge in [-0.3, -0.25) is 10.1 Å². The molecule has 150 valence electrons. The molecule has 11 heteroatoms. The first-order chi connectivity index (χ1) is 13.8. The Morgan fingerprint density at radius 3 is 2.66 bits per heavy atom. The fourth-order valence-corrected chi connectivity index (χ4v) is 4.48. The lowest BCUT2D eigenvalue weighted by atomic mass is 10.1. The van der Waals surface area contributed by atoms with Crippen LogP contribution in [0.1, 0.15) is 26.6 Å². The Morgan fingerprint density at radius 2 is 1.86 bits per heavy atom. The number of benzene rings is 1. The standard InChI is InChI=1S/C18H11Cl4N3O3S/c1-7-11(5-8-2-3-9-10(4-8)28-6-27-9)29-18(23-7)25-17(26)15-13(20)12(19)14(21)16(22)24-15/h2-4H,5-6H2,1H3,(H,23,25,26). The quantitative estimate of drug-likeness (QED) is 0.452. The van der Waals surface area contributed by atoms with Crippen molar-refractivity contribution in [3.63, 3.8) is 0 Å². The van der Waals surface area contributed by atoms with Crippen molar-refractivity contribution in [1.82, 2.24) is 9.97 Å². The van der Waals surface area contributed by atoms with Gasteiger partial charge in [0, 0.05) is 11.3 Å². The van der Waals surface area contributed by atoms with E-state index in [1.165, 1.54) is 11.3 Å². The maximum absolute atomic E-state index is 12.6. The Morgan fingerprint density at radius 1 is 1.10 bits per heavy atom. The van der Waals surface area contributed by atoms with Crippen LogP contribution in [0.5, 0.6) is 11.5 Å². The molecule has 3 aromatic rings. The van der Waals surface area contributed by atoms with E-state index >= 15 is 0 Å². The van der Waals surface area contributed by atoms with Crippen LogP contribution in [0.25, 0.3) is 0 Å². The molecule has 1 N–H and O–H groups in total. The number of aromatic nitrogens is 2. The molecular formula is C18H11Cl4N3O3S. The summed E-state index contributed by atoms with van der Waals surface area (Å²) >= 11 is 25.2. The minimum absolute atomic E-state index is 0.00834. The van der Waals surface area contributed by atoms with Gasteiger partial charge in [-0.25, -0.2) is 9.97 Å². The van der Waals surface area contributed by atoms with Gasteiger partial charge in [0.15, 0.2) is 22.3 Å². The molecule has 6 nitrogen and oxygen atoms in total. The number of aryl methyl sites for hydroxylation is 1. The number of carbonyl (C=O) groups excluding carboxylic acids is 1. The summed E-state index contributed by atoms with van der Waals surface area (Å²) in [5.74, 6) is 0.863. The molecule has 1 aliphatic heterocycles.